The van der Waals surface area contributed by atoms with Crippen LogP contribution >= 0.6 is 15.9 Å². The van der Waals surface area contributed by atoms with Crippen LogP contribution in [0.25, 0.3) is 11.5 Å². The number of aryl methyl sites for hydroxylation is 1. The van der Waals surface area contributed by atoms with Crippen LogP contribution in [0.3, 0.4) is 0 Å². The highest BCUT2D eigenvalue weighted by molar-refractivity contribution is 9.10. The summed E-state index contributed by atoms with van der Waals surface area (Å²) in [6.07, 6.45) is 3.40. The van der Waals surface area contributed by atoms with Gasteiger partial charge in [0.1, 0.15) is 11.5 Å². The number of nitrogen functional groups attached to an aromatic ring is 1. The van der Waals surface area contributed by atoms with Crippen LogP contribution in [0.4, 0.5) is 5.82 Å². The second-order valence-electron chi connectivity index (χ2n) is 3.15. The minimum absolute atomic E-state index is 0.419. The Balaban J connectivity index is 2.45. The molecule has 15 heavy (non-hydrogen) atoms. The average molecular weight is 265 g/mol. The van der Waals surface area contributed by atoms with Crippen molar-refractivity contribution in [2.75, 3.05) is 5.73 Å². The van der Waals surface area contributed by atoms with E-state index in [1.807, 2.05) is 19.1 Å². The molecule has 0 amide bonds. The third kappa shape index (κ3) is 2.12. The van der Waals surface area contributed by atoms with Crippen molar-refractivity contribution in [1.29, 1.82) is 0 Å². The SMILES string of the molecule is Cc1ccc(-c2ncc(Br)c(N)n2)nc1. The molecule has 2 N–H and O–H groups in total. The largest absolute Gasteiger partial charge is 0.383 e. The monoisotopic (exact) mass is 264 g/mol. The van der Waals surface area contributed by atoms with Gasteiger partial charge in [-0.2, -0.15) is 0 Å². The Morgan fingerprint density at radius 3 is 2.60 bits per heavy atom. The van der Waals surface area contributed by atoms with E-state index in [9.17, 15) is 0 Å². The van der Waals surface area contributed by atoms with Crippen LogP contribution in [0.5, 0.6) is 0 Å². The number of rotatable bonds is 1. The van der Waals surface area contributed by atoms with Crippen LogP contribution in [0, 0.1) is 6.92 Å². The highest BCUT2D eigenvalue weighted by Crippen LogP contribution is 2.19. The Bertz CT molecular complexity index is 481. The fourth-order valence-corrected chi connectivity index (χ4v) is 1.29. The Morgan fingerprint density at radius 1 is 1.20 bits per heavy atom. The van der Waals surface area contributed by atoms with Gasteiger partial charge in [-0.15, -0.1) is 0 Å². The molecule has 0 aliphatic carbocycles. The summed E-state index contributed by atoms with van der Waals surface area (Å²) in [5.74, 6) is 0.957. The van der Waals surface area contributed by atoms with Gasteiger partial charge in [-0.3, -0.25) is 4.98 Å². The molecule has 5 heteroatoms. The zero-order chi connectivity index (χ0) is 10.8. The van der Waals surface area contributed by atoms with Crippen molar-refractivity contribution >= 4 is 21.7 Å². The van der Waals surface area contributed by atoms with Gasteiger partial charge in [-0.05, 0) is 34.5 Å². The number of nitrogens with two attached hydrogens (primary N) is 1. The van der Waals surface area contributed by atoms with Gasteiger partial charge in [0.05, 0.1) is 4.47 Å². The van der Waals surface area contributed by atoms with Gasteiger partial charge >= 0.3 is 0 Å². The van der Waals surface area contributed by atoms with E-state index < -0.39 is 0 Å². The Kier molecular flexibility index (Phi) is 2.64. The minimum atomic E-state index is 0.419. The van der Waals surface area contributed by atoms with Crippen LogP contribution < -0.4 is 5.73 Å². The number of anilines is 1. The molecule has 2 heterocycles. The maximum atomic E-state index is 5.66. The summed E-state index contributed by atoms with van der Waals surface area (Å²) in [5.41, 5.74) is 7.48. The highest BCUT2D eigenvalue weighted by atomic mass is 79.9. The number of hydrogen-bond donors (Lipinski definition) is 1. The van der Waals surface area contributed by atoms with Crippen LogP contribution in [-0.2, 0) is 0 Å². The first-order valence-corrected chi connectivity index (χ1v) is 5.17. The highest BCUT2D eigenvalue weighted by Gasteiger charge is 2.04. The lowest BCUT2D eigenvalue weighted by atomic mass is 10.2. The molecule has 0 fully saturated rings. The predicted octanol–water partition coefficient (Wildman–Crippen LogP) is 2.19. The Labute approximate surface area is 95.7 Å². The van der Waals surface area contributed by atoms with E-state index in [0.717, 1.165) is 11.3 Å². The minimum Gasteiger partial charge on any atom is -0.383 e. The van der Waals surface area contributed by atoms with Gasteiger partial charge in [-0.1, -0.05) is 6.07 Å². The molecule has 2 aromatic heterocycles. The predicted molar refractivity (Wildman–Crippen MR) is 62.1 cm³/mol. The molecule has 2 rings (SSSR count). The van der Waals surface area contributed by atoms with Crippen molar-refractivity contribution < 1.29 is 0 Å². The van der Waals surface area contributed by atoms with Crippen molar-refractivity contribution in [3.63, 3.8) is 0 Å². The van der Waals surface area contributed by atoms with Crippen molar-refractivity contribution in [3.8, 4) is 11.5 Å². The van der Waals surface area contributed by atoms with Crippen molar-refractivity contribution in [1.82, 2.24) is 15.0 Å². The zero-order valence-corrected chi connectivity index (χ0v) is 9.69. The van der Waals surface area contributed by atoms with E-state index in [2.05, 4.69) is 30.9 Å². The Hall–Kier alpha value is -1.49. The molecule has 0 saturated carbocycles. The van der Waals surface area contributed by atoms with Crippen LogP contribution in [0.1, 0.15) is 5.56 Å². The molecule has 0 saturated heterocycles. The van der Waals surface area contributed by atoms with E-state index in [-0.39, 0.29) is 0 Å². The second kappa shape index (κ2) is 3.94. The fourth-order valence-electron chi connectivity index (χ4n) is 1.10. The maximum absolute atomic E-state index is 5.66. The molecule has 2 aromatic rings. The van der Waals surface area contributed by atoms with Crippen LogP contribution in [0.15, 0.2) is 29.0 Å². The quantitative estimate of drug-likeness (QED) is 0.858. The topological polar surface area (TPSA) is 64.7 Å². The number of aromatic nitrogens is 3. The molecule has 4 nitrogen and oxygen atoms in total. The lowest BCUT2D eigenvalue weighted by molar-refractivity contribution is 1.13. The van der Waals surface area contributed by atoms with Gasteiger partial charge in [0.15, 0.2) is 5.82 Å². The number of halogens is 1. The standard InChI is InChI=1S/C10H9BrN4/c1-6-2-3-8(13-4-6)10-14-5-7(11)9(12)15-10/h2-5H,1H3,(H2,12,14,15). The van der Waals surface area contributed by atoms with Crippen molar-refractivity contribution in [2.45, 2.75) is 6.92 Å². The molecule has 0 spiro atoms. The summed E-state index contributed by atoms with van der Waals surface area (Å²) in [5, 5.41) is 0. The molecule has 0 aliphatic heterocycles. The van der Waals surface area contributed by atoms with E-state index in [1.165, 1.54) is 0 Å². The summed E-state index contributed by atoms with van der Waals surface area (Å²) in [6.45, 7) is 1.98. The summed E-state index contributed by atoms with van der Waals surface area (Å²) < 4.78 is 0.693. The summed E-state index contributed by atoms with van der Waals surface area (Å²) in [4.78, 5) is 12.5. The number of nitrogens with zero attached hydrogens (tertiary/aromatic N) is 3. The van der Waals surface area contributed by atoms with E-state index in [4.69, 9.17) is 5.73 Å². The van der Waals surface area contributed by atoms with Gasteiger partial charge in [0, 0.05) is 12.4 Å². The third-order valence-electron chi connectivity index (χ3n) is 1.91. The molecular formula is C10H9BrN4. The molecular weight excluding hydrogens is 256 g/mol. The lowest BCUT2D eigenvalue weighted by Crippen LogP contribution is -1.97. The van der Waals surface area contributed by atoms with E-state index in [1.54, 1.807) is 12.4 Å². The van der Waals surface area contributed by atoms with E-state index >= 15 is 0 Å². The normalized spacial score (nSPS) is 10.3. The van der Waals surface area contributed by atoms with Crippen LogP contribution in [-0.4, -0.2) is 15.0 Å². The summed E-state index contributed by atoms with van der Waals surface area (Å²) in [7, 11) is 0. The first-order valence-electron chi connectivity index (χ1n) is 4.38. The number of pyridine rings is 1. The molecule has 76 valence electrons. The van der Waals surface area contributed by atoms with Gasteiger partial charge < -0.3 is 5.73 Å². The summed E-state index contributed by atoms with van der Waals surface area (Å²) >= 11 is 3.24. The molecule has 0 aliphatic rings. The smallest absolute Gasteiger partial charge is 0.180 e. The lowest BCUT2D eigenvalue weighted by Gasteiger charge is -2.01. The molecule has 0 aromatic carbocycles. The van der Waals surface area contributed by atoms with Crippen molar-refractivity contribution in [2.24, 2.45) is 0 Å². The third-order valence-corrected chi connectivity index (χ3v) is 2.52. The average Bonchev–Trinajstić information content (AvgIpc) is 2.23. The molecule has 0 radical (unpaired) electrons. The zero-order valence-electron chi connectivity index (χ0n) is 8.11. The van der Waals surface area contributed by atoms with Gasteiger partial charge in [0.2, 0.25) is 0 Å². The van der Waals surface area contributed by atoms with Crippen LogP contribution in [0.2, 0.25) is 0 Å². The van der Waals surface area contributed by atoms with Gasteiger partial charge in [0.25, 0.3) is 0 Å². The molecule has 0 atom stereocenters. The molecule has 0 unspecified atom stereocenters. The van der Waals surface area contributed by atoms with Crippen molar-refractivity contribution in [3.05, 3.63) is 34.6 Å². The maximum Gasteiger partial charge on any atom is 0.180 e. The fraction of sp³-hybridized carbons (Fsp3) is 0.100. The first-order chi connectivity index (χ1) is 7.16. The number of hydrogen-bond acceptors (Lipinski definition) is 4. The summed E-state index contributed by atoms with van der Waals surface area (Å²) in [6, 6.07) is 3.84. The Morgan fingerprint density at radius 2 is 2.00 bits per heavy atom. The second-order valence-corrected chi connectivity index (χ2v) is 4.00. The van der Waals surface area contributed by atoms with Gasteiger partial charge in [-0.25, -0.2) is 9.97 Å². The first kappa shape index (κ1) is 10.0. The van der Waals surface area contributed by atoms with E-state index in [0.29, 0.717) is 16.1 Å². The molecule has 0 bridgehead atoms.